The van der Waals surface area contributed by atoms with Crippen molar-refractivity contribution < 1.29 is 4.79 Å². The highest BCUT2D eigenvalue weighted by Gasteiger charge is 2.25. The van der Waals surface area contributed by atoms with Crippen molar-refractivity contribution >= 4 is 11.6 Å². The van der Waals surface area contributed by atoms with E-state index in [-0.39, 0.29) is 11.8 Å². The molecule has 16 heavy (non-hydrogen) atoms. The molecule has 0 atom stereocenters. The first kappa shape index (κ1) is 10.9. The molecule has 1 aromatic heterocycles. The van der Waals surface area contributed by atoms with E-state index in [1.54, 1.807) is 0 Å². The van der Waals surface area contributed by atoms with Crippen molar-refractivity contribution in [3.8, 4) is 0 Å². The van der Waals surface area contributed by atoms with Crippen molar-refractivity contribution in [1.29, 1.82) is 0 Å². The van der Waals surface area contributed by atoms with Crippen LogP contribution in [-0.4, -0.2) is 21.9 Å². The second-order valence-corrected chi connectivity index (χ2v) is 4.43. The summed E-state index contributed by atoms with van der Waals surface area (Å²) in [6.45, 7) is 3.96. The SMILES string of the molecule is CC(C)c1ncc(N)c(C(=O)NC2CC2)n1. The summed E-state index contributed by atoms with van der Waals surface area (Å²) >= 11 is 0. The van der Waals surface area contributed by atoms with E-state index in [2.05, 4.69) is 15.3 Å². The maximum Gasteiger partial charge on any atom is 0.272 e. The number of nitrogens with one attached hydrogen (secondary N) is 1. The maximum absolute atomic E-state index is 11.8. The number of amides is 1. The summed E-state index contributed by atoms with van der Waals surface area (Å²) in [5, 5.41) is 2.87. The summed E-state index contributed by atoms with van der Waals surface area (Å²) in [5.74, 6) is 0.646. The molecule has 5 heteroatoms. The largest absolute Gasteiger partial charge is 0.396 e. The molecule has 1 aromatic rings. The van der Waals surface area contributed by atoms with Gasteiger partial charge in [0.2, 0.25) is 0 Å². The van der Waals surface area contributed by atoms with Gasteiger partial charge in [0.05, 0.1) is 11.9 Å². The van der Waals surface area contributed by atoms with E-state index in [0.717, 1.165) is 12.8 Å². The Hall–Kier alpha value is -1.65. The number of hydrogen-bond acceptors (Lipinski definition) is 4. The van der Waals surface area contributed by atoms with Crippen molar-refractivity contribution in [3.05, 3.63) is 17.7 Å². The number of nitrogens with zero attached hydrogens (tertiary/aromatic N) is 2. The minimum Gasteiger partial charge on any atom is -0.396 e. The third kappa shape index (κ3) is 2.29. The van der Waals surface area contributed by atoms with Crippen molar-refractivity contribution in [1.82, 2.24) is 15.3 Å². The van der Waals surface area contributed by atoms with E-state index in [9.17, 15) is 4.79 Å². The van der Waals surface area contributed by atoms with Crippen molar-refractivity contribution in [3.63, 3.8) is 0 Å². The predicted octanol–water partition coefficient (Wildman–Crippen LogP) is 1.07. The lowest BCUT2D eigenvalue weighted by molar-refractivity contribution is 0.0946. The minimum atomic E-state index is -0.190. The molecule has 5 nitrogen and oxygen atoms in total. The fourth-order valence-corrected chi connectivity index (χ4v) is 1.35. The summed E-state index contributed by atoms with van der Waals surface area (Å²) in [5.41, 5.74) is 6.33. The topological polar surface area (TPSA) is 80.9 Å². The van der Waals surface area contributed by atoms with Crippen LogP contribution in [0.15, 0.2) is 6.20 Å². The first-order valence-corrected chi connectivity index (χ1v) is 5.51. The van der Waals surface area contributed by atoms with Crippen molar-refractivity contribution in [2.45, 2.75) is 38.6 Å². The lowest BCUT2D eigenvalue weighted by Gasteiger charge is -2.08. The Morgan fingerprint density at radius 3 is 2.81 bits per heavy atom. The molecule has 0 spiro atoms. The van der Waals surface area contributed by atoms with Gasteiger partial charge < -0.3 is 11.1 Å². The second-order valence-electron chi connectivity index (χ2n) is 4.43. The Morgan fingerprint density at radius 1 is 1.56 bits per heavy atom. The highest BCUT2D eigenvalue weighted by Crippen LogP contribution is 2.20. The van der Waals surface area contributed by atoms with Gasteiger partial charge in [-0.15, -0.1) is 0 Å². The molecule has 1 heterocycles. The van der Waals surface area contributed by atoms with Gasteiger partial charge in [-0.05, 0) is 12.8 Å². The number of carbonyl (C=O) groups is 1. The molecule has 1 amide bonds. The predicted molar refractivity (Wildman–Crippen MR) is 61.0 cm³/mol. The lowest BCUT2D eigenvalue weighted by Crippen LogP contribution is -2.27. The Balaban J connectivity index is 2.23. The van der Waals surface area contributed by atoms with Gasteiger partial charge in [0.25, 0.3) is 5.91 Å². The molecule has 0 bridgehead atoms. The van der Waals surface area contributed by atoms with Crippen molar-refractivity contribution in [2.24, 2.45) is 0 Å². The van der Waals surface area contributed by atoms with Gasteiger partial charge in [-0.25, -0.2) is 9.97 Å². The molecule has 0 aliphatic heterocycles. The average molecular weight is 220 g/mol. The molecule has 1 saturated carbocycles. The van der Waals surface area contributed by atoms with E-state index in [4.69, 9.17) is 5.73 Å². The number of anilines is 1. The maximum atomic E-state index is 11.8. The molecule has 1 fully saturated rings. The van der Waals surface area contributed by atoms with E-state index < -0.39 is 0 Å². The molecule has 0 radical (unpaired) electrons. The Labute approximate surface area is 94.5 Å². The monoisotopic (exact) mass is 220 g/mol. The van der Waals surface area contributed by atoms with Crippen LogP contribution >= 0.6 is 0 Å². The molecule has 3 N–H and O–H groups in total. The summed E-state index contributed by atoms with van der Waals surface area (Å²) in [4.78, 5) is 20.1. The van der Waals surface area contributed by atoms with Gasteiger partial charge in [0.1, 0.15) is 5.82 Å². The van der Waals surface area contributed by atoms with Gasteiger partial charge in [0, 0.05) is 12.0 Å². The lowest BCUT2D eigenvalue weighted by atomic mass is 10.2. The van der Waals surface area contributed by atoms with Crippen LogP contribution in [0.4, 0.5) is 5.69 Å². The highest BCUT2D eigenvalue weighted by atomic mass is 16.2. The zero-order valence-corrected chi connectivity index (χ0v) is 9.53. The molecule has 0 aromatic carbocycles. The van der Waals surface area contributed by atoms with Crippen LogP contribution in [0, 0.1) is 0 Å². The summed E-state index contributed by atoms with van der Waals surface area (Å²) in [7, 11) is 0. The van der Waals surface area contributed by atoms with Crippen molar-refractivity contribution in [2.75, 3.05) is 5.73 Å². The third-order valence-electron chi connectivity index (χ3n) is 2.48. The Bertz CT molecular complexity index is 412. The zero-order chi connectivity index (χ0) is 11.7. The molecule has 1 aliphatic rings. The van der Waals surface area contributed by atoms with Gasteiger partial charge in [-0.2, -0.15) is 0 Å². The molecular formula is C11H16N4O. The van der Waals surface area contributed by atoms with Crippen LogP contribution in [0.2, 0.25) is 0 Å². The van der Waals surface area contributed by atoms with Gasteiger partial charge in [0.15, 0.2) is 5.69 Å². The fourth-order valence-electron chi connectivity index (χ4n) is 1.35. The third-order valence-corrected chi connectivity index (χ3v) is 2.48. The van der Waals surface area contributed by atoms with Gasteiger partial charge in [-0.1, -0.05) is 13.8 Å². The van der Waals surface area contributed by atoms with E-state index in [0.29, 0.717) is 23.2 Å². The Kier molecular flexibility index (Phi) is 2.77. The number of hydrogen-bond donors (Lipinski definition) is 2. The van der Waals surface area contributed by atoms with Crippen LogP contribution in [-0.2, 0) is 0 Å². The molecule has 2 rings (SSSR count). The first-order chi connectivity index (χ1) is 7.58. The second kappa shape index (κ2) is 4.08. The average Bonchev–Trinajstić information content (AvgIpc) is 3.01. The van der Waals surface area contributed by atoms with Crippen LogP contribution in [0.3, 0.4) is 0 Å². The van der Waals surface area contributed by atoms with E-state index in [1.807, 2.05) is 13.8 Å². The van der Waals surface area contributed by atoms with Crippen LogP contribution < -0.4 is 11.1 Å². The Morgan fingerprint density at radius 2 is 2.25 bits per heavy atom. The molecule has 86 valence electrons. The smallest absolute Gasteiger partial charge is 0.272 e. The van der Waals surface area contributed by atoms with Gasteiger partial charge in [-0.3, -0.25) is 4.79 Å². The van der Waals surface area contributed by atoms with Crippen LogP contribution in [0.5, 0.6) is 0 Å². The summed E-state index contributed by atoms with van der Waals surface area (Å²) < 4.78 is 0. The van der Waals surface area contributed by atoms with Gasteiger partial charge >= 0.3 is 0 Å². The summed E-state index contributed by atoms with van der Waals surface area (Å²) in [6, 6.07) is 0.310. The summed E-state index contributed by atoms with van der Waals surface area (Å²) in [6.07, 6.45) is 3.60. The standard InChI is InChI=1S/C11H16N4O/c1-6(2)10-13-5-8(12)9(15-10)11(16)14-7-3-4-7/h5-7H,3-4,12H2,1-2H3,(H,14,16). The number of nitrogens with two attached hydrogens (primary N) is 1. The molecular weight excluding hydrogens is 204 g/mol. The number of carbonyl (C=O) groups excluding carboxylic acids is 1. The fraction of sp³-hybridized carbons (Fsp3) is 0.545. The van der Waals surface area contributed by atoms with E-state index in [1.165, 1.54) is 6.20 Å². The van der Waals surface area contributed by atoms with Crippen LogP contribution in [0.1, 0.15) is 48.9 Å². The van der Waals surface area contributed by atoms with Crippen LogP contribution in [0.25, 0.3) is 0 Å². The minimum absolute atomic E-state index is 0.188. The van der Waals surface area contributed by atoms with E-state index >= 15 is 0 Å². The highest BCUT2D eigenvalue weighted by molar-refractivity contribution is 5.97. The molecule has 0 unspecified atom stereocenters. The number of nitrogen functional groups attached to an aromatic ring is 1. The first-order valence-electron chi connectivity index (χ1n) is 5.51. The number of aromatic nitrogens is 2. The zero-order valence-electron chi connectivity index (χ0n) is 9.53. The normalized spacial score (nSPS) is 15.2. The molecule has 1 aliphatic carbocycles. The quantitative estimate of drug-likeness (QED) is 0.798. The number of rotatable bonds is 3. The molecule has 0 saturated heterocycles.